The van der Waals surface area contributed by atoms with E-state index in [9.17, 15) is 0 Å². The van der Waals surface area contributed by atoms with Crippen LogP contribution in [0.1, 0.15) is 19.8 Å². The number of aromatic nitrogens is 1. The summed E-state index contributed by atoms with van der Waals surface area (Å²) in [7, 11) is 0. The summed E-state index contributed by atoms with van der Waals surface area (Å²) >= 11 is 0. The Bertz CT molecular complexity index is 400. The highest BCUT2D eigenvalue weighted by molar-refractivity contribution is 5.59. The fourth-order valence-electron chi connectivity index (χ4n) is 1.81. The van der Waals surface area contributed by atoms with Crippen LogP contribution in [0.15, 0.2) is 48.7 Å². The van der Waals surface area contributed by atoms with Crippen molar-refractivity contribution < 1.29 is 0 Å². The standard InChI is InChI=1S/C14H17N/c1-2-3-11-15-12-7-10-14(15)13-8-5-4-6-9-13/h4-10,12H,2-3,11H2,1H3. The molecular formula is C14H17N. The van der Waals surface area contributed by atoms with E-state index in [0.717, 1.165) is 6.54 Å². The van der Waals surface area contributed by atoms with Crippen LogP contribution in [0.3, 0.4) is 0 Å². The topological polar surface area (TPSA) is 4.93 Å². The van der Waals surface area contributed by atoms with Crippen molar-refractivity contribution in [2.24, 2.45) is 0 Å². The molecule has 0 N–H and O–H groups in total. The first-order chi connectivity index (χ1) is 7.42. The molecule has 0 aliphatic carbocycles. The Morgan fingerprint density at radius 1 is 1.00 bits per heavy atom. The molecule has 0 atom stereocenters. The van der Waals surface area contributed by atoms with E-state index in [0.29, 0.717) is 0 Å². The summed E-state index contributed by atoms with van der Waals surface area (Å²) in [6.07, 6.45) is 4.65. The third kappa shape index (κ3) is 2.30. The van der Waals surface area contributed by atoms with E-state index in [1.54, 1.807) is 0 Å². The minimum absolute atomic E-state index is 1.12. The molecule has 0 spiro atoms. The summed E-state index contributed by atoms with van der Waals surface area (Å²) in [5.41, 5.74) is 2.63. The van der Waals surface area contributed by atoms with Crippen LogP contribution in [-0.4, -0.2) is 4.57 Å². The smallest absolute Gasteiger partial charge is 0.0480 e. The third-order valence-electron chi connectivity index (χ3n) is 2.65. The molecule has 15 heavy (non-hydrogen) atoms. The highest BCUT2D eigenvalue weighted by Gasteiger charge is 2.01. The number of benzene rings is 1. The minimum atomic E-state index is 1.12. The molecule has 0 radical (unpaired) electrons. The molecule has 1 heterocycles. The molecule has 0 bridgehead atoms. The zero-order valence-corrected chi connectivity index (χ0v) is 9.19. The van der Waals surface area contributed by atoms with Crippen molar-refractivity contribution >= 4 is 0 Å². The van der Waals surface area contributed by atoms with Gasteiger partial charge in [0.15, 0.2) is 0 Å². The van der Waals surface area contributed by atoms with Gasteiger partial charge in [-0.1, -0.05) is 43.7 Å². The highest BCUT2D eigenvalue weighted by Crippen LogP contribution is 2.19. The number of hydrogen-bond donors (Lipinski definition) is 0. The van der Waals surface area contributed by atoms with E-state index < -0.39 is 0 Å². The molecule has 78 valence electrons. The van der Waals surface area contributed by atoms with Crippen LogP contribution in [0.4, 0.5) is 0 Å². The Morgan fingerprint density at radius 2 is 1.80 bits per heavy atom. The summed E-state index contributed by atoms with van der Waals surface area (Å²) in [6.45, 7) is 3.35. The predicted octanol–water partition coefficient (Wildman–Crippen LogP) is 3.96. The number of nitrogens with zero attached hydrogens (tertiary/aromatic N) is 1. The molecule has 2 rings (SSSR count). The number of aryl methyl sites for hydroxylation is 1. The van der Waals surface area contributed by atoms with Crippen LogP contribution in [0, 0.1) is 0 Å². The van der Waals surface area contributed by atoms with Gasteiger partial charge in [0.2, 0.25) is 0 Å². The van der Waals surface area contributed by atoms with Crippen LogP contribution in [-0.2, 0) is 6.54 Å². The van der Waals surface area contributed by atoms with Gasteiger partial charge in [0.25, 0.3) is 0 Å². The molecule has 1 aromatic heterocycles. The zero-order valence-electron chi connectivity index (χ0n) is 9.19. The Labute approximate surface area is 91.4 Å². The van der Waals surface area contributed by atoms with Gasteiger partial charge >= 0.3 is 0 Å². The normalized spacial score (nSPS) is 10.5. The lowest BCUT2D eigenvalue weighted by Gasteiger charge is -2.08. The molecule has 0 amide bonds. The van der Waals surface area contributed by atoms with E-state index in [1.807, 2.05) is 0 Å². The first kappa shape index (κ1) is 10.0. The number of hydrogen-bond acceptors (Lipinski definition) is 0. The molecule has 1 heteroatoms. The van der Waals surface area contributed by atoms with E-state index in [1.165, 1.54) is 24.1 Å². The van der Waals surface area contributed by atoms with Gasteiger partial charge in [-0.3, -0.25) is 0 Å². The van der Waals surface area contributed by atoms with Gasteiger partial charge in [0, 0.05) is 18.4 Å². The van der Waals surface area contributed by atoms with Crippen LogP contribution < -0.4 is 0 Å². The van der Waals surface area contributed by atoms with E-state index in [-0.39, 0.29) is 0 Å². The molecule has 0 aliphatic rings. The Morgan fingerprint density at radius 3 is 2.53 bits per heavy atom. The van der Waals surface area contributed by atoms with Crippen molar-refractivity contribution in [3.63, 3.8) is 0 Å². The zero-order chi connectivity index (χ0) is 10.5. The van der Waals surface area contributed by atoms with Crippen molar-refractivity contribution in [1.29, 1.82) is 0 Å². The second kappa shape index (κ2) is 4.83. The lowest BCUT2D eigenvalue weighted by Crippen LogP contribution is -1.97. The second-order valence-corrected chi connectivity index (χ2v) is 3.81. The second-order valence-electron chi connectivity index (χ2n) is 3.81. The third-order valence-corrected chi connectivity index (χ3v) is 2.65. The molecule has 1 nitrogen and oxygen atoms in total. The van der Waals surface area contributed by atoms with Crippen LogP contribution in [0.25, 0.3) is 11.3 Å². The molecule has 1 aromatic carbocycles. The quantitative estimate of drug-likeness (QED) is 0.702. The molecule has 2 aromatic rings. The van der Waals surface area contributed by atoms with Crippen molar-refractivity contribution in [2.75, 3.05) is 0 Å². The Hall–Kier alpha value is -1.50. The summed E-state index contributed by atoms with van der Waals surface area (Å²) in [5.74, 6) is 0. The van der Waals surface area contributed by atoms with Crippen molar-refractivity contribution in [3.8, 4) is 11.3 Å². The SMILES string of the molecule is CCCCn1cccc1-c1ccccc1. The van der Waals surface area contributed by atoms with Crippen LogP contribution >= 0.6 is 0 Å². The van der Waals surface area contributed by atoms with Gasteiger partial charge in [-0.15, -0.1) is 0 Å². The van der Waals surface area contributed by atoms with Crippen molar-refractivity contribution in [2.45, 2.75) is 26.3 Å². The average molecular weight is 199 g/mol. The largest absolute Gasteiger partial charge is 0.348 e. The van der Waals surface area contributed by atoms with Gasteiger partial charge < -0.3 is 4.57 Å². The fraction of sp³-hybridized carbons (Fsp3) is 0.286. The molecule has 0 unspecified atom stereocenters. The fourth-order valence-corrected chi connectivity index (χ4v) is 1.81. The predicted molar refractivity (Wildman–Crippen MR) is 64.8 cm³/mol. The van der Waals surface area contributed by atoms with Gasteiger partial charge in [0.1, 0.15) is 0 Å². The van der Waals surface area contributed by atoms with Gasteiger partial charge in [-0.25, -0.2) is 0 Å². The molecule has 0 saturated heterocycles. The molecular weight excluding hydrogens is 182 g/mol. The van der Waals surface area contributed by atoms with Crippen LogP contribution in [0.5, 0.6) is 0 Å². The van der Waals surface area contributed by atoms with Gasteiger partial charge in [-0.05, 0) is 24.1 Å². The number of unbranched alkanes of at least 4 members (excludes halogenated alkanes) is 1. The number of rotatable bonds is 4. The van der Waals surface area contributed by atoms with E-state index in [4.69, 9.17) is 0 Å². The summed E-state index contributed by atoms with van der Waals surface area (Å²) in [4.78, 5) is 0. The first-order valence-corrected chi connectivity index (χ1v) is 5.62. The van der Waals surface area contributed by atoms with Crippen molar-refractivity contribution in [1.82, 2.24) is 4.57 Å². The maximum atomic E-state index is 2.33. The monoisotopic (exact) mass is 199 g/mol. The summed E-state index contributed by atoms with van der Waals surface area (Å²) in [5, 5.41) is 0. The van der Waals surface area contributed by atoms with E-state index >= 15 is 0 Å². The van der Waals surface area contributed by atoms with Gasteiger partial charge in [0.05, 0.1) is 0 Å². The Balaban J connectivity index is 2.25. The maximum absolute atomic E-state index is 2.33. The van der Waals surface area contributed by atoms with Crippen LogP contribution in [0.2, 0.25) is 0 Å². The summed E-state index contributed by atoms with van der Waals surface area (Å²) < 4.78 is 2.33. The van der Waals surface area contributed by atoms with Gasteiger partial charge in [-0.2, -0.15) is 0 Å². The molecule has 0 fully saturated rings. The first-order valence-electron chi connectivity index (χ1n) is 5.62. The summed E-state index contributed by atoms with van der Waals surface area (Å²) in [6, 6.07) is 14.9. The molecule has 0 saturated carbocycles. The van der Waals surface area contributed by atoms with E-state index in [2.05, 4.69) is 60.2 Å². The molecule has 0 aliphatic heterocycles. The highest BCUT2D eigenvalue weighted by atomic mass is 15.0. The minimum Gasteiger partial charge on any atom is -0.348 e. The lowest BCUT2D eigenvalue weighted by atomic mass is 10.1. The maximum Gasteiger partial charge on any atom is 0.0480 e. The lowest BCUT2D eigenvalue weighted by molar-refractivity contribution is 0.639. The average Bonchev–Trinajstić information content (AvgIpc) is 2.75. The van der Waals surface area contributed by atoms with Crippen molar-refractivity contribution in [3.05, 3.63) is 48.7 Å². The Kier molecular flexibility index (Phi) is 3.23.